The molecule has 5 heteroatoms. The molecule has 0 spiro atoms. The van der Waals surface area contributed by atoms with E-state index < -0.39 is 5.60 Å². The Kier molecular flexibility index (Phi) is 4.60. The van der Waals surface area contributed by atoms with E-state index in [2.05, 4.69) is 24.3 Å². The molecular weight excluding hydrogens is 366 g/mol. The van der Waals surface area contributed by atoms with Gasteiger partial charge in [0.1, 0.15) is 6.61 Å². The SMILES string of the molecule is CCC1(O)CC2COCC(C1)N2C(=O)OCC1c2ccccc2-c2ccccc21. The predicted octanol–water partition coefficient (Wildman–Crippen LogP) is 3.94. The first-order valence-electron chi connectivity index (χ1n) is 10.5. The number of morpholine rings is 1. The molecule has 0 aromatic heterocycles. The van der Waals surface area contributed by atoms with E-state index >= 15 is 0 Å². The summed E-state index contributed by atoms with van der Waals surface area (Å²) in [5.74, 6) is 0.0554. The Morgan fingerprint density at radius 3 is 2.17 bits per heavy atom. The van der Waals surface area contributed by atoms with Crippen molar-refractivity contribution in [3.8, 4) is 11.1 Å². The number of piperidine rings is 1. The molecule has 5 nitrogen and oxygen atoms in total. The largest absolute Gasteiger partial charge is 0.448 e. The first-order chi connectivity index (χ1) is 14.1. The van der Waals surface area contributed by atoms with Crippen LogP contribution in [0.1, 0.15) is 43.2 Å². The van der Waals surface area contributed by atoms with Crippen LogP contribution >= 0.6 is 0 Å². The van der Waals surface area contributed by atoms with Crippen LogP contribution in [-0.2, 0) is 9.47 Å². The average Bonchev–Trinajstić information content (AvgIpc) is 3.05. The van der Waals surface area contributed by atoms with Crippen molar-refractivity contribution in [2.45, 2.75) is 49.8 Å². The fourth-order valence-electron chi connectivity index (χ4n) is 5.33. The van der Waals surface area contributed by atoms with Crippen LogP contribution in [0.5, 0.6) is 0 Å². The molecule has 1 amide bonds. The van der Waals surface area contributed by atoms with E-state index in [1.54, 1.807) is 0 Å². The Labute approximate surface area is 171 Å². The molecule has 29 heavy (non-hydrogen) atoms. The minimum absolute atomic E-state index is 0.0554. The number of aliphatic hydroxyl groups is 1. The Balaban J connectivity index is 1.34. The normalized spacial score (nSPS) is 28.0. The van der Waals surface area contributed by atoms with Crippen molar-refractivity contribution in [1.82, 2.24) is 4.90 Å². The maximum Gasteiger partial charge on any atom is 0.410 e. The van der Waals surface area contributed by atoms with Gasteiger partial charge in [0.2, 0.25) is 0 Å². The highest BCUT2D eigenvalue weighted by atomic mass is 16.6. The summed E-state index contributed by atoms with van der Waals surface area (Å²) in [6.45, 7) is 3.24. The second kappa shape index (κ2) is 7.15. The summed E-state index contributed by atoms with van der Waals surface area (Å²) in [5, 5.41) is 10.8. The van der Waals surface area contributed by atoms with E-state index in [9.17, 15) is 9.90 Å². The highest BCUT2D eigenvalue weighted by molar-refractivity contribution is 5.79. The first-order valence-corrected chi connectivity index (χ1v) is 10.5. The molecule has 3 aliphatic rings. The van der Waals surface area contributed by atoms with Crippen molar-refractivity contribution in [1.29, 1.82) is 0 Å². The van der Waals surface area contributed by atoms with Gasteiger partial charge in [0.15, 0.2) is 0 Å². The molecule has 2 aliphatic heterocycles. The van der Waals surface area contributed by atoms with Gasteiger partial charge < -0.3 is 14.6 Å². The van der Waals surface area contributed by atoms with E-state index in [1.165, 1.54) is 22.3 Å². The lowest BCUT2D eigenvalue weighted by Gasteiger charge is -2.50. The predicted molar refractivity (Wildman–Crippen MR) is 110 cm³/mol. The smallest absolute Gasteiger partial charge is 0.410 e. The average molecular weight is 393 g/mol. The van der Waals surface area contributed by atoms with Crippen LogP contribution in [-0.4, -0.2) is 53.6 Å². The molecule has 2 aromatic rings. The lowest BCUT2D eigenvalue weighted by molar-refractivity contribution is -0.133. The number of rotatable bonds is 3. The molecule has 2 atom stereocenters. The lowest BCUT2D eigenvalue weighted by Crippen LogP contribution is -2.63. The van der Waals surface area contributed by atoms with Gasteiger partial charge in [-0.3, -0.25) is 4.90 Å². The topological polar surface area (TPSA) is 59.0 Å². The van der Waals surface area contributed by atoms with E-state index in [0.29, 0.717) is 39.1 Å². The van der Waals surface area contributed by atoms with Gasteiger partial charge in [0.05, 0.1) is 30.9 Å². The van der Waals surface area contributed by atoms with Gasteiger partial charge in [-0.05, 0) is 41.5 Å². The zero-order valence-electron chi connectivity index (χ0n) is 16.7. The quantitative estimate of drug-likeness (QED) is 0.858. The number of carbonyl (C=O) groups is 1. The van der Waals surface area contributed by atoms with Gasteiger partial charge in [-0.1, -0.05) is 55.5 Å². The lowest BCUT2D eigenvalue weighted by atomic mass is 9.80. The number of ether oxygens (including phenoxy) is 2. The monoisotopic (exact) mass is 393 g/mol. The van der Waals surface area contributed by atoms with Gasteiger partial charge in [-0.25, -0.2) is 4.79 Å². The van der Waals surface area contributed by atoms with Gasteiger partial charge in [0, 0.05) is 5.92 Å². The molecule has 0 saturated carbocycles. The summed E-state index contributed by atoms with van der Waals surface area (Å²) in [7, 11) is 0. The number of fused-ring (bicyclic) bond motifs is 5. The van der Waals surface area contributed by atoms with E-state index in [4.69, 9.17) is 9.47 Å². The fraction of sp³-hybridized carbons (Fsp3) is 0.458. The Morgan fingerprint density at radius 2 is 1.62 bits per heavy atom. The highest BCUT2D eigenvalue weighted by Crippen LogP contribution is 2.45. The van der Waals surface area contributed by atoms with Crippen molar-refractivity contribution in [3.63, 3.8) is 0 Å². The molecule has 2 heterocycles. The second-order valence-corrected chi connectivity index (χ2v) is 8.54. The molecule has 5 rings (SSSR count). The molecule has 2 fully saturated rings. The number of amides is 1. The molecule has 0 radical (unpaired) electrons. The van der Waals surface area contributed by atoms with E-state index in [0.717, 1.165) is 0 Å². The Morgan fingerprint density at radius 1 is 1.07 bits per heavy atom. The zero-order chi connectivity index (χ0) is 20.0. The van der Waals surface area contributed by atoms with Gasteiger partial charge >= 0.3 is 6.09 Å². The van der Waals surface area contributed by atoms with Crippen molar-refractivity contribution in [2.24, 2.45) is 0 Å². The third-order valence-corrected chi connectivity index (χ3v) is 6.84. The van der Waals surface area contributed by atoms with Crippen LogP contribution < -0.4 is 0 Å². The van der Waals surface area contributed by atoms with Crippen LogP contribution in [0.2, 0.25) is 0 Å². The van der Waals surface area contributed by atoms with Crippen LogP contribution in [0.25, 0.3) is 11.1 Å². The molecule has 152 valence electrons. The summed E-state index contributed by atoms with van der Waals surface area (Å²) >= 11 is 0. The van der Waals surface area contributed by atoms with Crippen molar-refractivity contribution in [3.05, 3.63) is 59.7 Å². The number of hydrogen-bond acceptors (Lipinski definition) is 4. The van der Waals surface area contributed by atoms with Gasteiger partial charge in [-0.15, -0.1) is 0 Å². The summed E-state index contributed by atoms with van der Waals surface area (Å²) < 4.78 is 11.5. The maximum atomic E-state index is 13.1. The standard InChI is InChI=1S/C24H27NO4/c1-2-24(27)11-16-13-28-14-17(12-24)25(16)23(26)29-15-22-20-9-5-3-7-18(20)19-8-4-6-10-21(19)22/h3-10,16-17,22,27H,2,11-15H2,1H3. The van der Waals surface area contributed by atoms with Crippen LogP contribution in [0.4, 0.5) is 4.79 Å². The van der Waals surface area contributed by atoms with Crippen LogP contribution in [0, 0.1) is 0 Å². The Bertz CT molecular complexity index is 867. The third-order valence-electron chi connectivity index (χ3n) is 6.84. The summed E-state index contributed by atoms with van der Waals surface area (Å²) in [6.07, 6.45) is 1.50. The number of hydrogen-bond donors (Lipinski definition) is 1. The first kappa shape index (κ1) is 18.6. The van der Waals surface area contributed by atoms with Crippen LogP contribution in [0.3, 0.4) is 0 Å². The molecule has 2 aromatic carbocycles. The maximum absolute atomic E-state index is 13.1. The summed E-state index contributed by atoms with van der Waals surface area (Å²) in [5.41, 5.74) is 4.16. The van der Waals surface area contributed by atoms with E-state index in [1.807, 2.05) is 36.1 Å². The van der Waals surface area contributed by atoms with Crippen molar-refractivity contribution in [2.75, 3.05) is 19.8 Å². The van der Waals surface area contributed by atoms with Crippen molar-refractivity contribution >= 4 is 6.09 Å². The molecule has 1 aliphatic carbocycles. The second-order valence-electron chi connectivity index (χ2n) is 8.54. The molecule has 2 bridgehead atoms. The van der Waals surface area contributed by atoms with Gasteiger partial charge in [-0.2, -0.15) is 0 Å². The number of benzene rings is 2. The number of nitrogens with zero attached hydrogens (tertiary/aromatic N) is 1. The molecule has 2 saturated heterocycles. The molecule has 1 N–H and O–H groups in total. The van der Waals surface area contributed by atoms with Gasteiger partial charge in [0.25, 0.3) is 0 Å². The zero-order valence-corrected chi connectivity index (χ0v) is 16.7. The van der Waals surface area contributed by atoms with Crippen LogP contribution in [0.15, 0.2) is 48.5 Å². The summed E-state index contributed by atoms with van der Waals surface area (Å²) in [6, 6.07) is 16.4. The minimum Gasteiger partial charge on any atom is -0.448 e. The summed E-state index contributed by atoms with van der Waals surface area (Å²) in [4.78, 5) is 14.9. The minimum atomic E-state index is -0.709. The number of carbonyl (C=O) groups excluding carboxylic acids is 1. The Hall–Kier alpha value is -2.37. The fourth-order valence-corrected chi connectivity index (χ4v) is 5.33. The van der Waals surface area contributed by atoms with E-state index in [-0.39, 0.29) is 24.1 Å². The third kappa shape index (κ3) is 3.13. The molecule has 2 unspecified atom stereocenters. The van der Waals surface area contributed by atoms with Crippen molar-refractivity contribution < 1.29 is 19.4 Å². The molecular formula is C24H27NO4. The highest BCUT2D eigenvalue weighted by Gasteiger charge is 2.48.